The molecule has 1 aromatic heterocycles. The van der Waals surface area contributed by atoms with E-state index in [0.29, 0.717) is 24.8 Å². The first-order chi connectivity index (χ1) is 15.5. The first-order valence-electron chi connectivity index (χ1n) is 10.8. The van der Waals surface area contributed by atoms with Crippen LogP contribution in [-0.4, -0.2) is 49.6 Å². The molecular formula is C23H31FN6O2. The summed E-state index contributed by atoms with van der Waals surface area (Å²) in [6.07, 6.45) is 3.07. The highest BCUT2D eigenvalue weighted by Gasteiger charge is 2.25. The standard InChI is InChI=1S/C23H31FN6O2/c1-16(32-20-7-3-6-19(24)13-20)14-28-23(26-2)29-15-18-5-4-10-27-22(18)30-11-8-17(9-12-30)21(25)31/h3-7,10,13,16-17H,8-9,11-12,14-15H2,1-2H3,(H2,25,31)(H2,26,28,29). The van der Waals surface area contributed by atoms with Crippen molar-refractivity contribution in [2.75, 3.05) is 31.6 Å². The number of hydrogen-bond donors (Lipinski definition) is 3. The molecule has 32 heavy (non-hydrogen) atoms. The number of aliphatic imine (C=N–C) groups is 1. The van der Waals surface area contributed by atoms with Crippen molar-refractivity contribution in [1.29, 1.82) is 0 Å². The third-order valence-electron chi connectivity index (χ3n) is 5.42. The lowest BCUT2D eigenvalue weighted by atomic mass is 9.96. The van der Waals surface area contributed by atoms with Crippen LogP contribution in [0.4, 0.5) is 10.2 Å². The number of nitrogens with one attached hydrogen (secondary N) is 2. The molecule has 0 bridgehead atoms. The van der Waals surface area contributed by atoms with Crippen LogP contribution >= 0.6 is 0 Å². The predicted octanol–water partition coefficient (Wildman–Crippen LogP) is 2.05. The quantitative estimate of drug-likeness (QED) is 0.427. The van der Waals surface area contributed by atoms with Crippen LogP contribution in [-0.2, 0) is 11.3 Å². The second-order valence-electron chi connectivity index (χ2n) is 7.84. The van der Waals surface area contributed by atoms with Crippen LogP contribution in [0.25, 0.3) is 0 Å². The zero-order valence-corrected chi connectivity index (χ0v) is 18.6. The molecule has 1 aromatic carbocycles. The van der Waals surface area contributed by atoms with Gasteiger partial charge in [0.15, 0.2) is 5.96 Å². The van der Waals surface area contributed by atoms with Crippen molar-refractivity contribution < 1.29 is 13.9 Å². The van der Waals surface area contributed by atoms with Gasteiger partial charge in [0.1, 0.15) is 23.5 Å². The summed E-state index contributed by atoms with van der Waals surface area (Å²) >= 11 is 0. The Balaban J connectivity index is 1.51. The molecule has 8 nitrogen and oxygen atoms in total. The smallest absolute Gasteiger partial charge is 0.220 e. The number of benzene rings is 1. The molecule has 0 aliphatic carbocycles. The fraction of sp³-hybridized carbons (Fsp3) is 0.435. The van der Waals surface area contributed by atoms with Crippen LogP contribution in [0.3, 0.4) is 0 Å². The molecule has 1 atom stereocenters. The number of rotatable bonds is 8. The number of piperidine rings is 1. The number of carbonyl (C=O) groups is 1. The summed E-state index contributed by atoms with van der Waals surface area (Å²) in [5.41, 5.74) is 6.49. The van der Waals surface area contributed by atoms with Crippen LogP contribution in [0.2, 0.25) is 0 Å². The van der Waals surface area contributed by atoms with E-state index >= 15 is 0 Å². The molecular weight excluding hydrogens is 411 g/mol. The van der Waals surface area contributed by atoms with E-state index in [1.54, 1.807) is 25.4 Å². The van der Waals surface area contributed by atoms with E-state index < -0.39 is 0 Å². The van der Waals surface area contributed by atoms with E-state index in [0.717, 1.165) is 37.3 Å². The van der Waals surface area contributed by atoms with E-state index in [1.807, 2.05) is 19.1 Å². The Hall–Kier alpha value is -3.36. The van der Waals surface area contributed by atoms with Gasteiger partial charge >= 0.3 is 0 Å². The van der Waals surface area contributed by atoms with E-state index in [4.69, 9.17) is 10.5 Å². The summed E-state index contributed by atoms with van der Waals surface area (Å²) in [4.78, 5) is 22.5. The molecule has 2 aromatic rings. The first-order valence-corrected chi connectivity index (χ1v) is 10.8. The van der Waals surface area contributed by atoms with Gasteiger partial charge in [-0.1, -0.05) is 12.1 Å². The minimum atomic E-state index is -0.328. The molecule has 0 spiro atoms. The van der Waals surface area contributed by atoms with Crippen LogP contribution in [0, 0.1) is 11.7 Å². The Kier molecular flexibility index (Phi) is 8.24. The molecule has 1 unspecified atom stereocenters. The fourth-order valence-corrected chi connectivity index (χ4v) is 3.68. The highest BCUT2D eigenvalue weighted by Crippen LogP contribution is 2.24. The second kappa shape index (κ2) is 11.3. The molecule has 3 rings (SSSR count). The van der Waals surface area contributed by atoms with Gasteiger partial charge in [-0.15, -0.1) is 0 Å². The lowest BCUT2D eigenvalue weighted by Crippen LogP contribution is -2.42. The summed E-state index contributed by atoms with van der Waals surface area (Å²) in [6, 6.07) is 10.0. The van der Waals surface area contributed by atoms with E-state index in [1.165, 1.54) is 12.1 Å². The maximum absolute atomic E-state index is 13.3. The zero-order chi connectivity index (χ0) is 22.9. The minimum Gasteiger partial charge on any atom is -0.489 e. The van der Waals surface area contributed by atoms with Gasteiger partial charge in [0.05, 0.1) is 6.54 Å². The van der Waals surface area contributed by atoms with Gasteiger partial charge in [0.2, 0.25) is 5.91 Å². The number of carbonyl (C=O) groups excluding carboxylic acids is 1. The van der Waals surface area contributed by atoms with Crippen molar-refractivity contribution in [2.24, 2.45) is 16.6 Å². The monoisotopic (exact) mass is 442 g/mol. The van der Waals surface area contributed by atoms with Gasteiger partial charge in [-0.2, -0.15) is 0 Å². The van der Waals surface area contributed by atoms with Crippen molar-refractivity contribution in [3.63, 3.8) is 0 Å². The Morgan fingerprint density at radius 2 is 2.09 bits per heavy atom. The van der Waals surface area contributed by atoms with Gasteiger partial charge in [-0.3, -0.25) is 9.79 Å². The van der Waals surface area contributed by atoms with Gasteiger partial charge in [-0.25, -0.2) is 9.37 Å². The van der Waals surface area contributed by atoms with Gasteiger partial charge in [0.25, 0.3) is 0 Å². The summed E-state index contributed by atoms with van der Waals surface area (Å²) in [5, 5.41) is 6.53. The van der Waals surface area contributed by atoms with E-state index in [-0.39, 0.29) is 23.7 Å². The van der Waals surface area contributed by atoms with Crippen molar-refractivity contribution >= 4 is 17.7 Å². The summed E-state index contributed by atoms with van der Waals surface area (Å²) in [6.45, 7) is 4.44. The number of halogens is 1. The van der Waals surface area contributed by atoms with E-state index in [2.05, 4.69) is 25.5 Å². The Labute approximate surface area is 188 Å². The normalized spacial score (nSPS) is 15.8. The molecule has 9 heteroatoms. The zero-order valence-electron chi connectivity index (χ0n) is 18.6. The SMILES string of the molecule is CN=C(NCc1cccnc1N1CCC(C(N)=O)CC1)NCC(C)Oc1cccc(F)c1. The number of guanidine groups is 1. The third kappa shape index (κ3) is 6.57. The van der Waals surface area contributed by atoms with Gasteiger partial charge in [0, 0.05) is 50.4 Å². The molecule has 2 heterocycles. The number of nitrogens with zero attached hydrogens (tertiary/aromatic N) is 3. The van der Waals surface area contributed by atoms with Crippen LogP contribution in [0.1, 0.15) is 25.3 Å². The van der Waals surface area contributed by atoms with Crippen LogP contribution in [0.15, 0.2) is 47.6 Å². The molecule has 1 amide bonds. The molecule has 1 aliphatic rings. The largest absolute Gasteiger partial charge is 0.489 e. The van der Waals surface area contributed by atoms with Crippen molar-refractivity contribution in [2.45, 2.75) is 32.4 Å². The Bertz CT molecular complexity index is 930. The highest BCUT2D eigenvalue weighted by molar-refractivity contribution is 5.79. The highest BCUT2D eigenvalue weighted by atomic mass is 19.1. The van der Waals surface area contributed by atoms with Crippen LogP contribution < -0.4 is 26.0 Å². The van der Waals surface area contributed by atoms with Crippen molar-refractivity contribution in [3.8, 4) is 5.75 Å². The summed E-state index contributed by atoms with van der Waals surface area (Å²) < 4.78 is 19.1. The molecule has 1 saturated heterocycles. The minimum absolute atomic E-state index is 0.0591. The van der Waals surface area contributed by atoms with Gasteiger partial charge < -0.3 is 26.0 Å². The van der Waals surface area contributed by atoms with Crippen LogP contribution in [0.5, 0.6) is 5.75 Å². The van der Waals surface area contributed by atoms with E-state index in [9.17, 15) is 9.18 Å². The molecule has 172 valence electrons. The maximum atomic E-state index is 13.3. The number of aromatic nitrogens is 1. The summed E-state index contributed by atoms with van der Waals surface area (Å²) in [7, 11) is 1.70. The molecule has 1 fully saturated rings. The van der Waals surface area contributed by atoms with Gasteiger partial charge in [-0.05, 0) is 38.0 Å². The average Bonchev–Trinajstić information content (AvgIpc) is 2.79. The maximum Gasteiger partial charge on any atom is 0.220 e. The number of nitrogens with two attached hydrogens (primary N) is 1. The lowest BCUT2D eigenvalue weighted by molar-refractivity contribution is -0.122. The number of primary amides is 1. The Morgan fingerprint density at radius 1 is 1.31 bits per heavy atom. The molecule has 0 radical (unpaired) electrons. The lowest BCUT2D eigenvalue weighted by Gasteiger charge is -2.32. The van der Waals surface area contributed by atoms with Crippen molar-refractivity contribution in [3.05, 3.63) is 54.0 Å². The molecule has 0 saturated carbocycles. The fourth-order valence-electron chi connectivity index (χ4n) is 3.68. The molecule has 1 aliphatic heterocycles. The Morgan fingerprint density at radius 3 is 2.78 bits per heavy atom. The summed E-state index contributed by atoms with van der Waals surface area (Å²) in [5.74, 6) is 1.41. The third-order valence-corrected chi connectivity index (χ3v) is 5.42. The first kappa shape index (κ1) is 23.3. The van der Waals surface area contributed by atoms with Crippen molar-refractivity contribution in [1.82, 2.24) is 15.6 Å². The number of anilines is 1. The number of amides is 1. The topological polar surface area (TPSA) is 105 Å². The predicted molar refractivity (Wildman–Crippen MR) is 123 cm³/mol. The number of ether oxygens (including phenoxy) is 1. The molecule has 4 N–H and O–H groups in total. The average molecular weight is 443 g/mol. The number of pyridine rings is 1. The number of hydrogen-bond acceptors (Lipinski definition) is 5. The second-order valence-corrected chi connectivity index (χ2v) is 7.84.